The Hall–Kier alpha value is -2.44. The molecule has 1 rings (SSSR count). The number of carbonyl (C=O) groups excluding carboxylic acids is 1. The van der Waals surface area contributed by atoms with Crippen molar-refractivity contribution >= 4 is 5.97 Å². The van der Waals surface area contributed by atoms with Gasteiger partial charge in [0, 0.05) is 17.5 Å². The van der Waals surface area contributed by atoms with Gasteiger partial charge in [-0.25, -0.2) is 4.79 Å². The molecule has 8 nitrogen and oxygen atoms in total. The Morgan fingerprint density at radius 3 is 2.57 bits per heavy atom. The van der Waals surface area contributed by atoms with Gasteiger partial charge in [0.15, 0.2) is 0 Å². The smallest absolute Gasteiger partial charge is 0.330 e. The molecule has 0 bridgehead atoms. The van der Waals surface area contributed by atoms with E-state index < -0.39 is 11.5 Å². The van der Waals surface area contributed by atoms with Crippen molar-refractivity contribution in [2.45, 2.75) is 18.9 Å². The van der Waals surface area contributed by atoms with Crippen molar-refractivity contribution < 1.29 is 19.7 Å². The Kier molecular flexibility index (Phi) is 5.83. The molecule has 0 radical (unpaired) electrons. The van der Waals surface area contributed by atoms with Crippen LogP contribution in [0.4, 0.5) is 0 Å². The van der Waals surface area contributed by atoms with Crippen molar-refractivity contribution in [3.63, 3.8) is 0 Å². The van der Waals surface area contributed by atoms with E-state index in [0.717, 1.165) is 0 Å². The maximum Gasteiger partial charge on any atom is 0.330 e. The number of esters is 1. The Morgan fingerprint density at radius 2 is 2.05 bits per heavy atom. The van der Waals surface area contributed by atoms with E-state index in [-0.39, 0.29) is 11.5 Å². The van der Waals surface area contributed by atoms with Gasteiger partial charge in [0.25, 0.3) is 0 Å². The normalized spacial score (nSPS) is 13.0. The van der Waals surface area contributed by atoms with Gasteiger partial charge in [0.05, 0.1) is 7.11 Å². The van der Waals surface area contributed by atoms with Crippen molar-refractivity contribution in [1.29, 1.82) is 0 Å². The number of nitrogens with zero attached hydrogens (tertiary/aromatic N) is 3. The standard InChI is InChI=1S/C13H18N4O4/c1-13(12(20)21-2,15-4-3-5-16-17-14)9-6-10(18)8-11(19)7-9/h6-8,15,18-19H,3-5H2,1-2H3. The van der Waals surface area contributed by atoms with Gasteiger partial charge in [-0.15, -0.1) is 0 Å². The van der Waals surface area contributed by atoms with Crippen molar-refractivity contribution in [3.05, 3.63) is 34.2 Å². The van der Waals surface area contributed by atoms with Gasteiger partial charge in [-0.2, -0.15) is 0 Å². The number of aromatic hydroxyl groups is 2. The van der Waals surface area contributed by atoms with Crippen LogP contribution in [0.3, 0.4) is 0 Å². The molecule has 1 atom stereocenters. The zero-order valence-corrected chi connectivity index (χ0v) is 11.9. The maximum absolute atomic E-state index is 12.0. The molecule has 1 unspecified atom stereocenters. The van der Waals surface area contributed by atoms with Crippen LogP contribution >= 0.6 is 0 Å². The first kappa shape index (κ1) is 16.6. The average molecular weight is 294 g/mol. The number of rotatable bonds is 7. The van der Waals surface area contributed by atoms with Gasteiger partial charge >= 0.3 is 5.97 Å². The van der Waals surface area contributed by atoms with E-state index in [4.69, 9.17) is 10.3 Å². The molecular formula is C13H18N4O4. The van der Waals surface area contributed by atoms with Gasteiger partial charge in [-0.3, -0.25) is 5.32 Å². The second-order valence-electron chi connectivity index (χ2n) is 4.59. The van der Waals surface area contributed by atoms with Crippen LogP contribution in [-0.4, -0.2) is 36.4 Å². The summed E-state index contributed by atoms with van der Waals surface area (Å²) in [6, 6.07) is 3.91. The lowest BCUT2D eigenvalue weighted by Gasteiger charge is -2.28. The Morgan fingerprint density at radius 1 is 1.43 bits per heavy atom. The number of hydrogen-bond acceptors (Lipinski definition) is 6. The highest BCUT2D eigenvalue weighted by Gasteiger charge is 2.36. The fourth-order valence-corrected chi connectivity index (χ4v) is 1.91. The Bertz CT molecular complexity index is 537. The summed E-state index contributed by atoms with van der Waals surface area (Å²) < 4.78 is 4.78. The highest BCUT2D eigenvalue weighted by atomic mass is 16.5. The highest BCUT2D eigenvalue weighted by molar-refractivity contribution is 5.82. The highest BCUT2D eigenvalue weighted by Crippen LogP contribution is 2.29. The molecule has 0 fully saturated rings. The van der Waals surface area contributed by atoms with E-state index in [1.165, 1.54) is 25.3 Å². The molecule has 0 saturated carbocycles. The summed E-state index contributed by atoms with van der Waals surface area (Å²) >= 11 is 0. The molecule has 114 valence electrons. The van der Waals surface area contributed by atoms with Gasteiger partial charge in [-0.1, -0.05) is 5.11 Å². The van der Waals surface area contributed by atoms with Crippen molar-refractivity contribution in [2.24, 2.45) is 5.11 Å². The van der Waals surface area contributed by atoms with E-state index in [1.54, 1.807) is 6.92 Å². The van der Waals surface area contributed by atoms with Crippen molar-refractivity contribution in [3.8, 4) is 11.5 Å². The second-order valence-corrected chi connectivity index (χ2v) is 4.59. The van der Waals surface area contributed by atoms with Crippen LogP contribution in [0.25, 0.3) is 10.4 Å². The van der Waals surface area contributed by atoms with Gasteiger partial charge in [0.2, 0.25) is 0 Å². The number of benzene rings is 1. The van der Waals surface area contributed by atoms with Crippen LogP contribution in [0.2, 0.25) is 0 Å². The van der Waals surface area contributed by atoms with E-state index in [1.807, 2.05) is 0 Å². The summed E-state index contributed by atoms with van der Waals surface area (Å²) in [4.78, 5) is 14.7. The summed E-state index contributed by atoms with van der Waals surface area (Å²) in [5.41, 5.74) is 7.34. The molecule has 0 aliphatic carbocycles. The third-order valence-corrected chi connectivity index (χ3v) is 3.05. The molecule has 0 saturated heterocycles. The fraction of sp³-hybridized carbons (Fsp3) is 0.462. The molecular weight excluding hydrogens is 276 g/mol. The number of phenols is 2. The minimum absolute atomic E-state index is 0.156. The zero-order valence-electron chi connectivity index (χ0n) is 11.9. The van der Waals surface area contributed by atoms with Crippen LogP contribution in [0.5, 0.6) is 11.5 Å². The van der Waals surface area contributed by atoms with E-state index in [0.29, 0.717) is 25.1 Å². The van der Waals surface area contributed by atoms with E-state index in [9.17, 15) is 15.0 Å². The second kappa shape index (κ2) is 7.37. The quantitative estimate of drug-likeness (QED) is 0.232. The number of ether oxygens (including phenoxy) is 1. The van der Waals surface area contributed by atoms with Gasteiger partial charge in [0.1, 0.15) is 17.0 Å². The molecule has 0 aromatic heterocycles. The van der Waals surface area contributed by atoms with E-state index >= 15 is 0 Å². The van der Waals surface area contributed by atoms with Crippen LogP contribution in [0.15, 0.2) is 23.3 Å². The average Bonchev–Trinajstić information content (AvgIpc) is 2.44. The first-order valence-electron chi connectivity index (χ1n) is 6.32. The maximum atomic E-state index is 12.0. The molecule has 0 aliphatic heterocycles. The predicted octanol–water partition coefficient (Wildman–Crippen LogP) is 1.78. The number of phenolic OH excluding ortho intramolecular Hbond substituents is 2. The largest absolute Gasteiger partial charge is 0.508 e. The summed E-state index contributed by atoms with van der Waals surface area (Å²) in [7, 11) is 1.25. The molecule has 8 heteroatoms. The fourth-order valence-electron chi connectivity index (χ4n) is 1.91. The molecule has 0 aliphatic rings. The SMILES string of the molecule is COC(=O)C(C)(NCCCN=[N+]=[N-])c1cc(O)cc(O)c1. The van der Waals surface area contributed by atoms with Crippen LogP contribution < -0.4 is 5.32 Å². The van der Waals surface area contributed by atoms with Gasteiger partial charge < -0.3 is 14.9 Å². The summed E-state index contributed by atoms with van der Waals surface area (Å²) in [6.07, 6.45) is 0.529. The molecule has 0 spiro atoms. The topological polar surface area (TPSA) is 128 Å². The van der Waals surface area contributed by atoms with Crippen LogP contribution in [-0.2, 0) is 15.1 Å². The van der Waals surface area contributed by atoms with Crippen LogP contribution in [0, 0.1) is 0 Å². The van der Waals surface area contributed by atoms with Crippen LogP contribution in [0.1, 0.15) is 18.9 Å². The third-order valence-electron chi connectivity index (χ3n) is 3.05. The molecule has 3 N–H and O–H groups in total. The lowest BCUT2D eigenvalue weighted by molar-refractivity contribution is -0.148. The minimum atomic E-state index is -1.23. The molecule has 1 aromatic carbocycles. The van der Waals surface area contributed by atoms with E-state index in [2.05, 4.69) is 15.3 Å². The molecule has 1 aromatic rings. The lowest BCUT2D eigenvalue weighted by atomic mass is 9.91. The number of nitrogens with one attached hydrogen (secondary N) is 1. The Balaban J connectivity index is 2.97. The molecule has 0 amide bonds. The Labute approximate surface area is 122 Å². The number of carbonyl (C=O) groups is 1. The van der Waals surface area contributed by atoms with Crippen molar-refractivity contribution in [1.82, 2.24) is 5.32 Å². The monoisotopic (exact) mass is 294 g/mol. The minimum Gasteiger partial charge on any atom is -0.508 e. The third kappa shape index (κ3) is 4.27. The van der Waals surface area contributed by atoms with Gasteiger partial charge in [-0.05, 0) is 43.1 Å². The molecule has 21 heavy (non-hydrogen) atoms. The zero-order chi connectivity index (χ0) is 15.9. The summed E-state index contributed by atoms with van der Waals surface area (Å²) in [6.45, 7) is 2.27. The van der Waals surface area contributed by atoms with Crippen molar-refractivity contribution in [2.75, 3.05) is 20.2 Å². The summed E-state index contributed by atoms with van der Waals surface area (Å²) in [5, 5.41) is 25.5. The molecule has 0 heterocycles. The first-order valence-corrected chi connectivity index (χ1v) is 6.32. The number of hydrogen-bond donors (Lipinski definition) is 3. The summed E-state index contributed by atoms with van der Waals surface area (Å²) in [5.74, 6) is -0.872. The first-order chi connectivity index (χ1) is 9.93. The predicted molar refractivity (Wildman–Crippen MR) is 75.8 cm³/mol. The lowest BCUT2D eigenvalue weighted by Crippen LogP contribution is -2.47. The number of azide groups is 1. The number of methoxy groups -OCH3 is 1.